The quantitative estimate of drug-likeness (QED) is 0.685. The molecule has 0 aliphatic carbocycles. The van der Waals surface area contributed by atoms with Crippen molar-refractivity contribution in [3.63, 3.8) is 0 Å². The second-order valence-corrected chi connectivity index (χ2v) is 6.97. The van der Waals surface area contributed by atoms with Gasteiger partial charge in [-0.3, -0.25) is 4.79 Å². The molecule has 2 heterocycles. The first kappa shape index (κ1) is 19.7. The second-order valence-electron chi connectivity index (χ2n) is 6.97. The number of nitrogens with zero attached hydrogens (tertiary/aromatic N) is 3. The van der Waals surface area contributed by atoms with E-state index in [4.69, 9.17) is 0 Å². The monoisotopic (exact) mass is 381 g/mol. The minimum Gasteiger partial charge on any atom is -0.368 e. The van der Waals surface area contributed by atoms with E-state index in [2.05, 4.69) is 25.2 Å². The van der Waals surface area contributed by atoms with Crippen LogP contribution in [0.4, 0.5) is 10.2 Å². The Labute approximate surface area is 163 Å². The maximum atomic E-state index is 13.2. The van der Waals surface area contributed by atoms with Crippen molar-refractivity contribution >= 4 is 5.82 Å². The summed E-state index contributed by atoms with van der Waals surface area (Å²) in [6, 6.07) is 10.3. The van der Waals surface area contributed by atoms with Gasteiger partial charge in [-0.2, -0.15) is 0 Å². The van der Waals surface area contributed by atoms with Gasteiger partial charge in [0.15, 0.2) is 0 Å². The average molecular weight is 381 g/mol. The van der Waals surface area contributed by atoms with Crippen molar-refractivity contribution in [3.05, 3.63) is 75.6 Å². The number of pyridine rings is 1. The highest BCUT2D eigenvalue weighted by Crippen LogP contribution is 2.20. The smallest absolute Gasteiger partial charge is 0.254 e. The third-order valence-corrected chi connectivity index (χ3v) is 4.79. The lowest BCUT2D eigenvalue weighted by atomic mass is 10.1. The average Bonchev–Trinajstić information content (AvgIpc) is 2.67. The third-order valence-electron chi connectivity index (χ3n) is 4.79. The predicted octanol–water partition coefficient (Wildman–Crippen LogP) is 3.30. The molecule has 28 heavy (non-hydrogen) atoms. The van der Waals surface area contributed by atoms with Crippen LogP contribution < -0.4 is 10.9 Å². The zero-order chi connectivity index (χ0) is 20.3. The molecule has 2 N–H and O–H groups in total. The number of halogens is 1. The Morgan fingerprint density at radius 2 is 1.86 bits per heavy atom. The van der Waals surface area contributed by atoms with Gasteiger partial charge >= 0.3 is 0 Å². The van der Waals surface area contributed by atoms with Crippen molar-refractivity contribution in [1.82, 2.24) is 19.9 Å². The van der Waals surface area contributed by atoms with Gasteiger partial charge in [0.2, 0.25) is 0 Å². The highest BCUT2D eigenvalue weighted by molar-refractivity contribution is 5.56. The summed E-state index contributed by atoms with van der Waals surface area (Å²) in [4.78, 5) is 25.6. The number of aryl methyl sites for hydroxylation is 1. The number of rotatable bonds is 6. The second kappa shape index (κ2) is 8.31. The number of benzene rings is 1. The first-order chi connectivity index (χ1) is 13.3. The fraction of sp³-hybridized carbons (Fsp3) is 0.286. The molecule has 0 spiro atoms. The molecule has 3 rings (SSSR count). The Kier molecular flexibility index (Phi) is 5.84. The van der Waals surface area contributed by atoms with E-state index in [1.54, 1.807) is 25.3 Å². The van der Waals surface area contributed by atoms with Crippen molar-refractivity contribution in [1.29, 1.82) is 0 Å². The van der Waals surface area contributed by atoms with Gasteiger partial charge < -0.3 is 15.2 Å². The number of anilines is 1. The molecule has 6 nitrogen and oxygen atoms in total. The SMILES string of the molecule is Cc1nc(-c2ccc(NCC(c3ccc(F)cc3)N(C)C)nc2)[nH]c(=O)c1C. The van der Waals surface area contributed by atoms with Gasteiger partial charge in [-0.1, -0.05) is 12.1 Å². The molecular formula is C21H24FN5O. The van der Waals surface area contributed by atoms with Crippen LogP contribution in [0.15, 0.2) is 47.4 Å². The number of aromatic amines is 1. The van der Waals surface area contributed by atoms with E-state index in [1.807, 2.05) is 33.2 Å². The molecule has 0 fully saturated rings. The Hall–Kier alpha value is -3.06. The number of aromatic nitrogens is 3. The van der Waals surface area contributed by atoms with Crippen LogP contribution >= 0.6 is 0 Å². The van der Waals surface area contributed by atoms with Crippen LogP contribution in [0, 0.1) is 19.7 Å². The first-order valence-electron chi connectivity index (χ1n) is 9.05. The zero-order valence-electron chi connectivity index (χ0n) is 16.5. The lowest BCUT2D eigenvalue weighted by Gasteiger charge is -2.25. The molecule has 1 atom stereocenters. The van der Waals surface area contributed by atoms with Crippen LogP contribution in [0.25, 0.3) is 11.4 Å². The van der Waals surface area contributed by atoms with E-state index >= 15 is 0 Å². The third kappa shape index (κ3) is 4.43. The van der Waals surface area contributed by atoms with E-state index in [9.17, 15) is 9.18 Å². The van der Waals surface area contributed by atoms with Crippen LogP contribution in [0.3, 0.4) is 0 Å². The van der Waals surface area contributed by atoms with Crippen LogP contribution in [-0.4, -0.2) is 40.5 Å². The van der Waals surface area contributed by atoms with Gasteiger partial charge in [0.05, 0.1) is 6.04 Å². The Morgan fingerprint density at radius 1 is 1.14 bits per heavy atom. The molecule has 0 saturated heterocycles. The summed E-state index contributed by atoms with van der Waals surface area (Å²) >= 11 is 0. The fourth-order valence-corrected chi connectivity index (χ4v) is 2.91. The molecular weight excluding hydrogens is 357 g/mol. The Balaban J connectivity index is 1.73. The molecule has 0 saturated carbocycles. The van der Waals surface area contributed by atoms with Crippen molar-refractivity contribution < 1.29 is 4.39 Å². The molecule has 0 bridgehead atoms. The summed E-state index contributed by atoms with van der Waals surface area (Å²) < 4.78 is 13.2. The molecule has 0 aliphatic rings. The lowest BCUT2D eigenvalue weighted by molar-refractivity contribution is 0.311. The molecule has 1 aromatic carbocycles. The Morgan fingerprint density at radius 3 is 2.43 bits per heavy atom. The highest BCUT2D eigenvalue weighted by Gasteiger charge is 2.14. The molecule has 2 aromatic heterocycles. The molecule has 1 unspecified atom stereocenters. The van der Waals surface area contributed by atoms with Crippen LogP contribution in [-0.2, 0) is 0 Å². The largest absolute Gasteiger partial charge is 0.368 e. The van der Waals surface area contributed by atoms with Crippen LogP contribution in [0.1, 0.15) is 22.9 Å². The summed E-state index contributed by atoms with van der Waals surface area (Å²) in [6.07, 6.45) is 1.68. The Bertz CT molecular complexity index is 997. The summed E-state index contributed by atoms with van der Waals surface area (Å²) in [5.74, 6) is 0.970. The standard InChI is InChI=1S/C21H24FN5O/c1-13-14(2)25-20(26-21(13)28)16-7-10-19(23-11-16)24-12-18(27(3)4)15-5-8-17(22)9-6-15/h5-11,18H,12H2,1-4H3,(H,23,24)(H,25,26,28). The van der Waals surface area contributed by atoms with Crippen molar-refractivity contribution in [2.75, 3.05) is 26.0 Å². The topological polar surface area (TPSA) is 73.9 Å². The van der Waals surface area contributed by atoms with Gasteiger partial charge in [-0.25, -0.2) is 14.4 Å². The molecule has 7 heteroatoms. The summed E-state index contributed by atoms with van der Waals surface area (Å²) in [5, 5.41) is 3.31. The molecule has 0 aliphatic heterocycles. The molecule has 3 aromatic rings. The van der Waals surface area contributed by atoms with Crippen LogP contribution in [0.2, 0.25) is 0 Å². The number of nitrogens with one attached hydrogen (secondary N) is 2. The molecule has 0 radical (unpaired) electrons. The van der Waals surface area contributed by atoms with E-state index in [1.165, 1.54) is 12.1 Å². The summed E-state index contributed by atoms with van der Waals surface area (Å²) in [6.45, 7) is 4.18. The van der Waals surface area contributed by atoms with Gasteiger partial charge in [0, 0.05) is 29.6 Å². The number of hydrogen-bond acceptors (Lipinski definition) is 5. The minimum atomic E-state index is -0.246. The molecule has 146 valence electrons. The van der Waals surface area contributed by atoms with Crippen LogP contribution in [0.5, 0.6) is 0 Å². The zero-order valence-corrected chi connectivity index (χ0v) is 16.5. The van der Waals surface area contributed by atoms with Gasteiger partial charge in [0.1, 0.15) is 17.5 Å². The van der Waals surface area contributed by atoms with E-state index < -0.39 is 0 Å². The normalized spacial score (nSPS) is 12.2. The summed E-state index contributed by atoms with van der Waals surface area (Å²) in [7, 11) is 3.96. The van der Waals surface area contributed by atoms with Gasteiger partial charge in [-0.15, -0.1) is 0 Å². The summed E-state index contributed by atoms with van der Waals surface area (Å²) in [5.41, 5.74) is 2.94. The van der Waals surface area contributed by atoms with Gasteiger partial charge in [-0.05, 0) is 57.8 Å². The van der Waals surface area contributed by atoms with E-state index in [0.717, 1.165) is 11.1 Å². The molecule has 0 amide bonds. The number of likely N-dealkylation sites (N-methyl/N-ethyl adjacent to an activating group) is 1. The van der Waals surface area contributed by atoms with E-state index in [0.29, 0.717) is 29.4 Å². The minimum absolute atomic E-state index is 0.0693. The number of H-pyrrole nitrogens is 1. The van der Waals surface area contributed by atoms with Crippen molar-refractivity contribution in [3.8, 4) is 11.4 Å². The predicted molar refractivity (Wildman–Crippen MR) is 109 cm³/mol. The fourth-order valence-electron chi connectivity index (χ4n) is 2.91. The van der Waals surface area contributed by atoms with Crippen molar-refractivity contribution in [2.45, 2.75) is 19.9 Å². The highest BCUT2D eigenvalue weighted by atomic mass is 19.1. The lowest BCUT2D eigenvalue weighted by Crippen LogP contribution is -2.27. The first-order valence-corrected chi connectivity index (χ1v) is 9.05. The maximum Gasteiger partial charge on any atom is 0.254 e. The maximum absolute atomic E-state index is 13.2. The van der Waals surface area contributed by atoms with Crippen molar-refractivity contribution in [2.24, 2.45) is 0 Å². The number of hydrogen-bond donors (Lipinski definition) is 2. The van der Waals surface area contributed by atoms with E-state index in [-0.39, 0.29) is 17.4 Å². The van der Waals surface area contributed by atoms with Gasteiger partial charge in [0.25, 0.3) is 5.56 Å².